The molecule has 0 aromatic carbocycles. The second-order valence-corrected chi connectivity index (χ2v) is 8.71. The predicted molar refractivity (Wildman–Crippen MR) is 73.2 cm³/mol. The molecule has 100 valence electrons. The normalized spacial score (nSPS) is 38.4. The Morgan fingerprint density at radius 2 is 2.29 bits per heavy atom. The summed E-state index contributed by atoms with van der Waals surface area (Å²) in [6.07, 6.45) is 1.86. The van der Waals surface area contributed by atoms with Gasteiger partial charge in [0.15, 0.2) is 9.84 Å². The Morgan fingerprint density at radius 3 is 2.82 bits per heavy atom. The van der Waals surface area contributed by atoms with Crippen LogP contribution in [0.15, 0.2) is 0 Å². The summed E-state index contributed by atoms with van der Waals surface area (Å²) in [4.78, 5) is 2.35. The summed E-state index contributed by atoms with van der Waals surface area (Å²) < 4.78 is 23.4. The number of hydrogen-bond donors (Lipinski definition) is 1. The van der Waals surface area contributed by atoms with Crippen molar-refractivity contribution in [1.82, 2.24) is 4.90 Å². The molecule has 0 amide bonds. The Hall–Kier alpha value is 0.220. The van der Waals surface area contributed by atoms with Gasteiger partial charge in [-0.2, -0.15) is 11.8 Å². The van der Waals surface area contributed by atoms with Crippen molar-refractivity contribution < 1.29 is 8.42 Å². The molecule has 4 nitrogen and oxygen atoms in total. The van der Waals surface area contributed by atoms with Gasteiger partial charge in [0.25, 0.3) is 0 Å². The number of sulfone groups is 1. The van der Waals surface area contributed by atoms with E-state index in [1.54, 1.807) is 0 Å². The van der Waals surface area contributed by atoms with Crippen molar-refractivity contribution in [2.24, 2.45) is 5.73 Å². The summed E-state index contributed by atoms with van der Waals surface area (Å²) in [7, 11) is -2.87. The number of nitrogens with zero attached hydrogens (tertiary/aromatic N) is 1. The lowest BCUT2D eigenvalue weighted by atomic mass is 9.96. The maximum atomic E-state index is 11.7. The summed E-state index contributed by atoms with van der Waals surface area (Å²) in [6.45, 7) is 4.64. The third-order valence-corrected chi connectivity index (χ3v) is 7.19. The summed E-state index contributed by atoms with van der Waals surface area (Å²) in [5.41, 5.74) is 5.62. The molecule has 0 saturated carbocycles. The van der Waals surface area contributed by atoms with Crippen LogP contribution in [0.1, 0.15) is 19.8 Å². The maximum Gasteiger partial charge on any atom is 0.152 e. The predicted octanol–water partition coefficient (Wildman–Crippen LogP) is 0.330. The van der Waals surface area contributed by atoms with Gasteiger partial charge in [0.2, 0.25) is 0 Å². The van der Waals surface area contributed by atoms with E-state index in [2.05, 4.69) is 11.8 Å². The molecule has 17 heavy (non-hydrogen) atoms. The highest BCUT2D eigenvalue weighted by Gasteiger charge is 2.46. The lowest BCUT2D eigenvalue weighted by Crippen LogP contribution is -2.58. The minimum atomic E-state index is -2.87. The van der Waals surface area contributed by atoms with Crippen LogP contribution in [0.3, 0.4) is 0 Å². The van der Waals surface area contributed by atoms with Crippen LogP contribution in [0.25, 0.3) is 0 Å². The summed E-state index contributed by atoms with van der Waals surface area (Å²) in [6, 6.07) is 0. The molecule has 2 rings (SSSR count). The van der Waals surface area contributed by atoms with Crippen LogP contribution in [0.2, 0.25) is 0 Å². The smallest absolute Gasteiger partial charge is 0.152 e. The first kappa shape index (κ1) is 13.6. The molecule has 2 aliphatic rings. The van der Waals surface area contributed by atoms with E-state index in [-0.39, 0.29) is 11.3 Å². The highest BCUT2D eigenvalue weighted by Crippen LogP contribution is 2.33. The minimum absolute atomic E-state index is 0.262. The van der Waals surface area contributed by atoms with E-state index < -0.39 is 9.84 Å². The number of nitrogens with two attached hydrogens (primary N) is 1. The van der Waals surface area contributed by atoms with Crippen molar-refractivity contribution in [1.29, 1.82) is 0 Å². The van der Waals surface area contributed by atoms with E-state index in [1.165, 1.54) is 0 Å². The Bertz CT molecular complexity index is 372. The van der Waals surface area contributed by atoms with Crippen LogP contribution < -0.4 is 5.73 Å². The number of rotatable bonds is 3. The van der Waals surface area contributed by atoms with Gasteiger partial charge in [-0.3, -0.25) is 4.90 Å². The first-order chi connectivity index (χ1) is 8.01. The van der Waals surface area contributed by atoms with Crippen molar-refractivity contribution in [3.05, 3.63) is 0 Å². The van der Waals surface area contributed by atoms with E-state index in [0.29, 0.717) is 24.0 Å². The van der Waals surface area contributed by atoms with Crippen molar-refractivity contribution in [2.75, 3.05) is 36.9 Å². The van der Waals surface area contributed by atoms with Crippen molar-refractivity contribution in [2.45, 2.75) is 30.6 Å². The van der Waals surface area contributed by atoms with Crippen molar-refractivity contribution in [3.63, 3.8) is 0 Å². The second-order valence-electron chi connectivity index (χ2n) is 5.12. The van der Waals surface area contributed by atoms with E-state index in [0.717, 1.165) is 25.3 Å². The van der Waals surface area contributed by atoms with Crippen LogP contribution in [0, 0.1) is 0 Å². The molecule has 2 saturated heterocycles. The molecular weight excluding hydrogens is 256 g/mol. The van der Waals surface area contributed by atoms with Crippen LogP contribution in [0.4, 0.5) is 0 Å². The summed E-state index contributed by atoms with van der Waals surface area (Å²) in [5.74, 6) is 1.67. The number of thioether (sulfide) groups is 1. The lowest BCUT2D eigenvalue weighted by Gasteiger charge is -2.44. The average Bonchev–Trinajstić information content (AvgIpc) is 2.66. The van der Waals surface area contributed by atoms with E-state index >= 15 is 0 Å². The van der Waals surface area contributed by atoms with Crippen LogP contribution >= 0.6 is 11.8 Å². The molecule has 2 atom stereocenters. The largest absolute Gasteiger partial charge is 0.329 e. The Kier molecular flexibility index (Phi) is 4.07. The first-order valence-electron chi connectivity index (χ1n) is 6.28. The molecule has 2 heterocycles. The first-order valence-corrected chi connectivity index (χ1v) is 9.15. The zero-order chi connectivity index (χ0) is 12.5. The molecular formula is C11H22N2O2S2. The van der Waals surface area contributed by atoms with Gasteiger partial charge in [0.1, 0.15) is 0 Å². The molecule has 0 bridgehead atoms. The van der Waals surface area contributed by atoms with Gasteiger partial charge < -0.3 is 5.73 Å². The molecule has 0 radical (unpaired) electrons. The third-order valence-electron chi connectivity index (χ3n) is 4.01. The van der Waals surface area contributed by atoms with Gasteiger partial charge in [-0.1, -0.05) is 6.92 Å². The Balaban J connectivity index is 2.13. The summed E-state index contributed by atoms with van der Waals surface area (Å²) >= 11 is 2.00. The molecule has 6 heteroatoms. The molecule has 2 aliphatic heterocycles. The fraction of sp³-hybridized carbons (Fsp3) is 1.00. The standard InChI is InChI=1S/C11H22N2O2S2/c1-2-10-7-13(4-5-16-10)11(8-12)3-6-17(14,15)9-11/h10H,2-9,12H2,1H3. The van der Waals surface area contributed by atoms with Gasteiger partial charge in [0.05, 0.1) is 11.5 Å². The fourth-order valence-electron chi connectivity index (χ4n) is 2.84. The fourth-order valence-corrected chi connectivity index (χ4v) is 6.11. The minimum Gasteiger partial charge on any atom is -0.329 e. The van der Waals surface area contributed by atoms with Gasteiger partial charge in [-0.15, -0.1) is 0 Å². The molecule has 0 aromatic heterocycles. The molecule has 2 fully saturated rings. The lowest BCUT2D eigenvalue weighted by molar-refractivity contribution is 0.120. The highest BCUT2D eigenvalue weighted by molar-refractivity contribution is 8.00. The molecule has 2 unspecified atom stereocenters. The summed E-state index contributed by atoms with van der Waals surface area (Å²) in [5, 5.41) is 0.635. The van der Waals surface area contributed by atoms with E-state index in [1.807, 2.05) is 11.8 Å². The second kappa shape index (κ2) is 5.07. The SMILES string of the molecule is CCC1CN(C2(CN)CCS(=O)(=O)C2)CCS1. The zero-order valence-corrected chi connectivity index (χ0v) is 12.0. The van der Waals surface area contributed by atoms with Crippen LogP contribution in [-0.2, 0) is 9.84 Å². The quantitative estimate of drug-likeness (QED) is 0.806. The topological polar surface area (TPSA) is 63.4 Å². The zero-order valence-electron chi connectivity index (χ0n) is 10.4. The molecule has 2 N–H and O–H groups in total. The van der Waals surface area contributed by atoms with E-state index in [9.17, 15) is 8.42 Å². The Morgan fingerprint density at radius 1 is 1.53 bits per heavy atom. The maximum absolute atomic E-state index is 11.7. The highest BCUT2D eigenvalue weighted by atomic mass is 32.2. The Labute approximate surface area is 108 Å². The van der Waals surface area contributed by atoms with Gasteiger partial charge in [-0.25, -0.2) is 8.42 Å². The van der Waals surface area contributed by atoms with E-state index in [4.69, 9.17) is 5.73 Å². The van der Waals surface area contributed by atoms with Crippen molar-refractivity contribution >= 4 is 21.6 Å². The van der Waals surface area contributed by atoms with Crippen LogP contribution in [0.5, 0.6) is 0 Å². The molecule has 0 aliphatic carbocycles. The molecule has 0 spiro atoms. The monoisotopic (exact) mass is 278 g/mol. The van der Waals surface area contributed by atoms with Crippen LogP contribution in [-0.4, -0.2) is 61.0 Å². The van der Waals surface area contributed by atoms with Gasteiger partial charge in [-0.05, 0) is 12.8 Å². The van der Waals surface area contributed by atoms with Crippen molar-refractivity contribution in [3.8, 4) is 0 Å². The average molecular weight is 278 g/mol. The molecule has 0 aromatic rings. The number of hydrogen-bond acceptors (Lipinski definition) is 5. The van der Waals surface area contributed by atoms with Gasteiger partial charge >= 0.3 is 0 Å². The third kappa shape index (κ3) is 2.80. The van der Waals surface area contributed by atoms with Gasteiger partial charge in [0, 0.05) is 36.2 Å².